The van der Waals surface area contributed by atoms with Crippen LogP contribution in [0.15, 0.2) is 51.4 Å². The van der Waals surface area contributed by atoms with E-state index >= 15 is 0 Å². The van der Waals surface area contributed by atoms with E-state index in [9.17, 15) is 0 Å². The summed E-state index contributed by atoms with van der Waals surface area (Å²) >= 11 is 12.9. The Balaban J connectivity index is 2.30. The molecular weight excluding hydrogens is 417 g/mol. The van der Waals surface area contributed by atoms with Gasteiger partial charge < -0.3 is 10.5 Å². The van der Waals surface area contributed by atoms with E-state index in [4.69, 9.17) is 22.1 Å². The van der Waals surface area contributed by atoms with Crippen molar-refractivity contribution < 1.29 is 4.74 Å². The van der Waals surface area contributed by atoms with Gasteiger partial charge in [-0.05, 0) is 58.2 Å². The standard InChI is InChI=1S/C16H16Br2ClNO/c1-2-14(20)16(10-3-6-12(19)7-4-10)21-15-8-5-11(17)9-13(15)18/h3-9,14,16H,2,20H2,1H3. The van der Waals surface area contributed by atoms with Crippen molar-refractivity contribution in [2.24, 2.45) is 5.73 Å². The molecule has 0 spiro atoms. The van der Waals surface area contributed by atoms with Gasteiger partial charge in [-0.1, -0.05) is 46.6 Å². The summed E-state index contributed by atoms with van der Waals surface area (Å²) in [4.78, 5) is 0. The van der Waals surface area contributed by atoms with Gasteiger partial charge in [-0.3, -0.25) is 0 Å². The van der Waals surface area contributed by atoms with Gasteiger partial charge in [0.25, 0.3) is 0 Å². The number of rotatable bonds is 5. The van der Waals surface area contributed by atoms with Gasteiger partial charge in [-0.2, -0.15) is 0 Å². The zero-order valence-electron chi connectivity index (χ0n) is 11.5. The van der Waals surface area contributed by atoms with Crippen LogP contribution in [0.5, 0.6) is 5.75 Å². The van der Waals surface area contributed by atoms with E-state index in [2.05, 4.69) is 31.9 Å². The zero-order chi connectivity index (χ0) is 15.4. The third kappa shape index (κ3) is 4.46. The van der Waals surface area contributed by atoms with Crippen molar-refractivity contribution in [2.45, 2.75) is 25.5 Å². The summed E-state index contributed by atoms with van der Waals surface area (Å²) in [6, 6.07) is 13.3. The minimum atomic E-state index is -0.218. The zero-order valence-corrected chi connectivity index (χ0v) is 15.5. The summed E-state index contributed by atoms with van der Waals surface area (Å²) in [5.41, 5.74) is 7.25. The van der Waals surface area contributed by atoms with Crippen LogP contribution in [-0.2, 0) is 0 Å². The second-order valence-corrected chi connectivity index (χ2v) is 6.94. The molecule has 0 fully saturated rings. The van der Waals surface area contributed by atoms with Gasteiger partial charge in [-0.15, -0.1) is 0 Å². The van der Waals surface area contributed by atoms with E-state index in [1.54, 1.807) is 0 Å². The molecule has 5 heteroatoms. The maximum atomic E-state index is 6.23. The lowest BCUT2D eigenvalue weighted by molar-refractivity contribution is 0.170. The Morgan fingerprint density at radius 2 is 1.81 bits per heavy atom. The Hall–Kier alpha value is -0.550. The molecule has 0 amide bonds. The van der Waals surface area contributed by atoms with Crippen LogP contribution in [0.3, 0.4) is 0 Å². The van der Waals surface area contributed by atoms with Gasteiger partial charge in [0.2, 0.25) is 0 Å². The quantitative estimate of drug-likeness (QED) is 0.654. The van der Waals surface area contributed by atoms with Crippen molar-refractivity contribution in [3.8, 4) is 5.75 Å². The van der Waals surface area contributed by atoms with Crippen LogP contribution in [0.4, 0.5) is 0 Å². The fraction of sp³-hybridized carbons (Fsp3) is 0.250. The van der Waals surface area contributed by atoms with Gasteiger partial charge in [0.05, 0.1) is 4.47 Å². The molecule has 0 bridgehead atoms. The summed E-state index contributed by atoms with van der Waals surface area (Å²) in [5.74, 6) is 0.766. The van der Waals surface area contributed by atoms with Gasteiger partial charge in [-0.25, -0.2) is 0 Å². The fourth-order valence-corrected chi connectivity index (χ4v) is 3.24. The van der Waals surface area contributed by atoms with Crippen molar-refractivity contribution in [3.05, 3.63) is 62.0 Å². The van der Waals surface area contributed by atoms with Gasteiger partial charge in [0.15, 0.2) is 0 Å². The summed E-state index contributed by atoms with van der Waals surface area (Å²) in [7, 11) is 0. The molecule has 2 N–H and O–H groups in total. The first kappa shape index (κ1) is 16.8. The number of halogens is 3. The third-order valence-electron chi connectivity index (χ3n) is 3.21. The smallest absolute Gasteiger partial charge is 0.139 e. The van der Waals surface area contributed by atoms with Crippen LogP contribution >= 0.6 is 43.5 Å². The molecule has 2 atom stereocenters. The molecule has 0 aliphatic heterocycles. The molecule has 112 valence electrons. The van der Waals surface area contributed by atoms with Crippen molar-refractivity contribution in [1.29, 1.82) is 0 Å². The highest BCUT2D eigenvalue weighted by Crippen LogP contribution is 2.33. The molecule has 2 unspecified atom stereocenters. The van der Waals surface area contributed by atoms with E-state index in [0.717, 1.165) is 26.7 Å². The molecule has 2 aromatic rings. The highest BCUT2D eigenvalue weighted by Gasteiger charge is 2.21. The van der Waals surface area contributed by atoms with E-state index in [0.29, 0.717) is 5.02 Å². The maximum Gasteiger partial charge on any atom is 0.139 e. The second kappa shape index (κ2) is 7.63. The lowest BCUT2D eigenvalue weighted by Crippen LogP contribution is -2.31. The van der Waals surface area contributed by atoms with Crippen LogP contribution in [0.1, 0.15) is 25.0 Å². The Bertz CT molecular complexity index is 604. The van der Waals surface area contributed by atoms with Crippen molar-refractivity contribution in [1.82, 2.24) is 0 Å². The van der Waals surface area contributed by atoms with Crippen LogP contribution < -0.4 is 10.5 Å². The minimum Gasteiger partial charge on any atom is -0.483 e. The molecule has 2 rings (SSSR count). The summed E-state index contributed by atoms with van der Waals surface area (Å²) in [5, 5.41) is 0.701. The number of hydrogen-bond donors (Lipinski definition) is 1. The first-order valence-electron chi connectivity index (χ1n) is 6.64. The van der Waals surface area contributed by atoms with Crippen molar-refractivity contribution in [2.75, 3.05) is 0 Å². The first-order valence-corrected chi connectivity index (χ1v) is 8.60. The van der Waals surface area contributed by atoms with E-state index in [-0.39, 0.29) is 12.1 Å². The third-order valence-corrected chi connectivity index (χ3v) is 4.57. The number of nitrogens with two attached hydrogens (primary N) is 1. The lowest BCUT2D eigenvalue weighted by Gasteiger charge is -2.25. The number of hydrogen-bond acceptors (Lipinski definition) is 2. The number of benzene rings is 2. The molecule has 0 saturated heterocycles. The molecule has 0 aliphatic rings. The maximum absolute atomic E-state index is 6.23. The van der Waals surface area contributed by atoms with Crippen molar-refractivity contribution >= 4 is 43.5 Å². The summed E-state index contributed by atoms with van der Waals surface area (Å²) in [6.07, 6.45) is 0.603. The predicted molar refractivity (Wildman–Crippen MR) is 94.9 cm³/mol. The minimum absolute atomic E-state index is 0.0956. The normalized spacial score (nSPS) is 13.8. The highest BCUT2D eigenvalue weighted by atomic mass is 79.9. The van der Waals surface area contributed by atoms with Gasteiger partial charge in [0, 0.05) is 15.5 Å². The van der Waals surface area contributed by atoms with E-state index in [1.165, 1.54) is 0 Å². The Morgan fingerprint density at radius 1 is 1.14 bits per heavy atom. The summed E-state index contributed by atoms with van der Waals surface area (Å²) < 4.78 is 8.02. The molecule has 0 heterocycles. The first-order chi connectivity index (χ1) is 10.0. The molecule has 0 saturated carbocycles. The highest BCUT2D eigenvalue weighted by molar-refractivity contribution is 9.11. The Kier molecular flexibility index (Phi) is 6.11. The monoisotopic (exact) mass is 431 g/mol. The molecule has 2 nitrogen and oxygen atoms in total. The SMILES string of the molecule is CCC(N)C(Oc1ccc(Br)cc1Br)c1ccc(Cl)cc1. The average Bonchev–Trinajstić information content (AvgIpc) is 2.47. The Labute approximate surface area is 146 Å². The van der Waals surface area contributed by atoms with Gasteiger partial charge in [0.1, 0.15) is 11.9 Å². The Morgan fingerprint density at radius 3 is 2.38 bits per heavy atom. The van der Waals surface area contributed by atoms with Crippen molar-refractivity contribution in [3.63, 3.8) is 0 Å². The molecule has 2 aromatic carbocycles. The predicted octanol–water partition coefficient (Wildman–Crippen LogP) is 5.72. The lowest BCUT2D eigenvalue weighted by atomic mass is 10.0. The number of ether oxygens (including phenoxy) is 1. The van der Waals surface area contributed by atoms with Gasteiger partial charge >= 0.3 is 0 Å². The van der Waals surface area contributed by atoms with E-state index < -0.39 is 0 Å². The molecule has 21 heavy (non-hydrogen) atoms. The average molecular weight is 434 g/mol. The van der Waals surface area contributed by atoms with Crippen LogP contribution in [0.25, 0.3) is 0 Å². The van der Waals surface area contributed by atoms with Crippen LogP contribution in [0, 0.1) is 0 Å². The largest absolute Gasteiger partial charge is 0.483 e. The van der Waals surface area contributed by atoms with Crippen LogP contribution in [0.2, 0.25) is 5.02 Å². The summed E-state index contributed by atoms with van der Waals surface area (Å²) in [6.45, 7) is 2.05. The molecular formula is C16H16Br2ClNO. The molecule has 0 aromatic heterocycles. The fourth-order valence-electron chi connectivity index (χ4n) is 1.98. The second-order valence-electron chi connectivity index (χ2n) is 4.74. The topological polar surface area (TPSA) is 35.2 Å². The van der Waals surface area contributed by atoms with Crippen LogP contribution in [-0.4, -0.2) is 6.04 Å². The molecule has 0 radical (unpaired) electrons. The van der Waals surface area contributed by atoms with E-state index in [1.807, 2.05) is 49.4 Å². The molecule has 0 aliphatic carbocycles.